The van der Waals surface area contributed by atoms with Crippen LogP contribution in [0.1, 0.15) is 46.0 Å². The summed E-state index contributed by atoms with van der Waals surface area (Å²) in [6.07, 6.45) is 4.08. The van der Waals surface area contributed by atoms with Gasteiger partial charge in [-0.2, -0.15) is 12.7 Å². The standard InChI is InChI=1S/C17H25NO6S2/c1-3-18(4-2)25(20,21)15-10-12-16(13-11-15)26(22,23)24-17(19)14-8-6-5-7-9-14/h10-14H,3-9H2,1-2H3. The Morgan fingerprint density at radius 2 is 1.46 bits per heavy atom. The van der Waals surface area contributed by atoms with Gasteiger partial charge in [0, 0.05) is 13.1 Å². The fraction of sp³-hybridized carbons (Fsp3) is 0.588. The van der Waals surface area contributed by atoms with E-state index in [0.717, 1.165) is 31.4 Å². The van der Waals surface area contributed by atoms with Gasteiger partial charge in [-0.25, -0.2) is 8.42 Å². The van der Waals surface area contributed by atoms with Gasteiger partial charge in [0.25, 0.3) is 0 Å². The summed E-state index contributed by atoms with van der Waals surface area (Å²) in [5.41, 5.74) is 0. The summed E-state index contributed by atoms with van der Waals surface area (Å²) < 4.78 is 55.5. The molecule has 1 saturated carbocycles. The highest BCUT2D eigenvalue weighted by atomic mass is 32.2. The van der Waals surface area contributed by atoms with Gasteiger partial charge in [-0.15, -0.1) is 0 Å². The van der Waals surface area contributed by atoms with Crippen LogP contribution in [0.5, 0.6) is 0 Å². The van der Waals surface area contributed by atoms with Gasteiger partial charge >= 0.3 is 16.1 Å². The lowest BCUT2D eigenvalue weighted by atomic mass is 9.90. The molecule has 0 aliphatic heterocycles. The Morgan fingerprint density at radius 3 is 1.96 bits per heavy atom. The average molecular weight is 404 g/mol. The summed E-state index contributed by atoms with van der Waals surface area (Å²) in [5.74, 6) is -1.12. The minimum absolute atomic E-state index is 0.00115. The van der Waals surface area contributed by atoms with Gasteiger partial charge < -0.3 is 4.18 Å². The van der Waals surface area contributed by atoms with Gasteiger partial charge in [-0.3, -0.25) is 4.79 Å². The zero-order valence-corrected chi connectivity index (χ0v) is 16.7. The van der Waals surface area contributed by atoms with Crippen molar-refractivity contribution in [3.05, 3.63) is 24.3 Å². The number of hydrogen-bond acceptors (Lipinski definition) is 6. The molecule has 0 spiro atoms. The number of carbonyl (C=O) groups excluding carboxylic acids is 1. The number of sulfonamides is 1. The van der Waals surface area contributed by atoms with Crippen LogP contribution in [0.15, 0.2) is 34.1 Å². The number of nitrogens with zero attached hydrogens (tertiary/aromatic N) is 1. The second kappa shape index (κ2) is 8.49. The Morgan fingerprint density at radius 1 is 0.962 bits per heavy atom. The highest BCUT2D eigenvalue weighted by molar-refractivity contribution is 7.89. The van der Waals surface area contributed by atoms with Crippen LogP contribution in [0.25, 0.3) is 0 Å². The van der Waals surface area contributed by atoms with Crippen LogP contribution in [-0.4, -0.2) is 40.2 Å². The van der Waals surface area contributed by atoms with Gasteiger partial charge in [0.05, 0.1) is 10.8 Å². The molecule has 1 fully saturated rings. The number of hydrogen-bond donors (Lipinski definition) is 0. The van der Waals surface area contributed by atoms with E-state index >= 15 is 0 Å². The summed E-state index contributed by atoms with van der Waals surface area (Å²) >= 11 is 0. The van der Waals surface area contributed by atoms with Gasteiger partial charge in [-0.05, 0) is 37.1 Å². The van der Waals surface area contributed by atoms with Gasteiger partial charge in [-0.1, -0.05) is 33.1 Å². The van der Waals surface area contributed by atoms with Crippen molar-refractivity contribution in [3.63, 3.8) is 0 Å². The molecule has 0 saturated heterocycles. The average Bonchev–Trinajstić information content (AvgIpc) is 2.63. The smallest absolute Gasteiger partial charge is 0.341 e. The molecule has 0 N–H and O–H groups in total. The Bertz CT molecular complexity index is 821. The minimum atomic E-state index is -4.26. The molecule has 2 rings (SSSR count). The lowest BCUT2D eigenvalue weighted by Gasteiger charge is -2.20. The second-order valence-electron chi connectivity index (χ2n) is 6.25. The third-order valence-electron chi connectivity index (χ3n) is 4.59. The van der Waals surface area contributed by atoms with E-state index in [1.54, 1.807) is 13.8 Å². The van der Waals surface area contributed by atoms with Crippen LogP contribution in [-0.2, 0) is 29.1 Å². The zero-order chi connectivity index (χ0) is 19.4. The Balaban J connectivity index is 2.17. The summed E-state index contributed by atoms with van der Waals surface area (Å²) in [6, 6.07) is 4.74. The molecule has 1 aliphatic rings. The second-order valence-corrected chi connectivity index (χ2v) is 9.74. The van der Waals surface area contributed by atoms with Crippen molar-refractivity contribution in [1.29, 1.82) is 0 Å². The Labute approximate surface area is 155 Å². The van der Waals surface area contributed by atoms with Crippen LogP contribution in [0.2, 0.25) is 0 Å². The fourth-order valence-corrected chi connectivity index (χ4v) is 5.43. The first kappa shape index (κ1) is 20.9. The summed E-state index contributed by atoms with van der Waals surface area (Å²) in [4.78, 5) is 11.8. The minimum Gasteiger partial charge on any atom is -0.342 e. The zero-order valence-electron chi connectivity index (χ0n) is 15.0. The van der Waals surface area contributed by atoms with E-state index in [2.05, 4.69) is 0 Å². The number of rotatable bonds is 7. The van der Waals surface area contributed by atoms with E-state index in [-0.39, 0.29) is 15.7 Å². The van der Waals surface area contributed by atoms with Crippen molar-refractivity contribution in [2.45, 2.75) is 55.7 Å². The van der Waals surface area contributed by atoms with Crippen molar-refractivity contribution in [1.82, 2.24) is 4.31 Å². The lowest BCUT2D eigenvalue weighted by molar-refractivity contribution is -0.139. The van der Waals surface area contributed by atoms with Crippen molar-refractivity contribution in [3.8, 4) is 0 Å². The maximum absolute atomic E-state index is 12.4. The molecule has 0 bridgehead atoms. The highest BCUT2D eigenvalue weighted by Gasteiger charge is 2.29. The molecule has 146 valence electrons. The van der Waals surface area contributed by atoms with Crippen LogP contribution >= 0.6 is 0 Å². The lowest BCUT2D eigenvalue weighted by Crippen LogP contribution is -2.30. The molecule has 0 amide bonds. The molecule has 26 heavy (non-hydrogen) atoms. The molecule has 0 atom stereocenters. The van der Waals surface area contributed by atoms with Gasteiger partial charge in [0.2, 0.25) is 10.0 Å². The van der Waals surface area contributed by atoms with Crippen LogP contribution in [0.3, 0.4) is 0 Å². The topological polar surface area (TPSA) is 97.8 Å². The normalized spacial score (nSPS) is 16.6. The molecule has 0 radical (unpaired) electrons. The molecule has 1 aromatic carbocycles. The highest BCUT2D eigenvalue weighted by Crippen LogP contribution is 2.26. The van der Waals surface area contributed by atoms with E-state index in [1.807, 2.05) is 0 Å². The summed E-state index contributed by atoms with van der Waals surface area (Å²) in [7, 11) is -7.93. The maximum Gasteiger partial charge on any atom is 0.341 e. The predicted molar refractivity (Wildman–Crippen MR) is 96.4 cm³/mol. The van der Waals surface area contributed by atoms with Gasteiger partial charge in [0.1, 0.15) is 4.90 Å². The molecule has 9 heteroatoms. The first-order chi connectivity index (χ1) is 12.2. The fourth-order valence-electron chi connectivity index (χ4n) is 3.05. The molecular weight excluding hydrogens is 378 g/mol. The maximum atomic E-state index is 12.4. The van der Waals surface area contributed by atoms with Crippen LogP contribution in [0, 0.1) is 5.92 Å². The predicted octanol–water partition coefficient (Wildman–Crippen LogP) is 2.53. The first-order valence-corrected chi connectivity index (χ1v) is 11.7. The van der Waals surface area contributed by atoms with Crippen molar-refractivity contribution >= 4 is 26.1 Å². The van der Waals surface area contributed by atoms with Crippen molar-refractivity contribution in [2.75, 3.05) is 13.1 Å². The van der Waals surface area contributed by atoms with E-state index in [4.69, 9.17) is 4.18 Å². The van der Waals surface area contributed by atoms with E-state index in [1.165, 1.54) is 16.4 Å². The Kier molecular flexibility index (Phi) is 6.81. The molecule has 0 aromatic heterocycles. The molecular formula is C17H25NO6S2. The largest absolute Gasteiger partial charge is 0.342 e. The van der Waals surface area contributed by atoms with E-state index in [9.17, 15) is 21.6 Å². The molecule has 0 unspecified atom stereocenters. The number of benzene rings is 1. The van der Waals surface area contributed by atoms with Crippen LogP contribution in [0.4, 0.5) is 0 Å². The van der Waals surface area contributed by atoms with E-state index in [0.29, 0.717) is 25.9 Å². The quantitative estimate of drug-likeness (QED) is 0.649. The molecule has 1 aliphatic carbocycles. The Hall–Kier alpha value is -1.45. The summed E-state index contributed by atoms with van der Waals surface area (Å²) in [5, 5.41) is 0. The monoisotopic (exact) mass is 403 g/mol. The van der Waals surface area contributed by atoms with Gasteiger partial charge in [0.15, 0.2) is 0 Å². The van der Waals surface area contributed by atoms with Crippen molar-refractivity contribution < 1.29 is 25.8 Å². The summed E-state index contributed by atoms with van der Waals surface area (Å²) in [6.45, 7) is 4.09. The SMILES string of the molecule is CCN(CC)S(=O)(=O)c1ccc(S(=O)(=O)OC(=O)C2CCCCC2)cc1. The van der Waals surface area contributed by atoms with Crippen molar-refractivity contribution in [2.24, 2.45) is 5.92 Å². The third-order valence-corrected chi connectivity index (χ3v) is 7.88. The molecule has 1 aromatic rings. The van der Waals surface area contributed by atoms with Crippen LogP contribution < -0.4 is 0 Å². The first-order valence-electron chi connectivity index (χ1n) is 8.81. The third kappa shape index (κ3) is 4.63. The van der Waals surface area contributed by atoms with E-state index < -0.39 is 26.1 Å². The number of carbonyl (C=O) groups is 1. The molecule has 7 nitrogen and oxygen atoms in total. The molecule has 0 heterocycles.